The Morgan fingerprint density at radius 3 is 0.903 bits per heavy atom. The van der Waals surface area contributed by atoms with Crippen LogP contribution in [0.15, 0.2) is 179 Å². The molecule has 4 heteroatoms. The molecule has 0 amide bonds. The molecular weight excluding hydrogens is 757 g/mol. The topological polar surface area (TPSA) is 32.8 Å². The fraction of sp³-hybridized carbons (Fsp3) is 0.138. The highest BCUT2D eigenvalue weighted by molar-refractivity contribution is 6.27. The van der Waals surface area contributed by atoms with E-state index in [9.17, 15) is 0 Å². The summed E-state index contributed by atoms with van der Waals surface area (Å²) in [5.74, 6) is 0. The first-order valence-corrected chi connectivity index (χ1v) is 22.1. The number of anilines is 6. The average Bonchev–Trinajstić information content (AvgIpc) is 3.87. The highest BCUT2D eigenvalue weighted by Crippen LogP contribution is 2.44. The molecule has 0 saturated carbocycles. The maximum Gasteiger partial charge on any atom is 0.136 e. The number of fused-ring (bicyclic) bond motifs is 9. The van der Waals surface area contributed by atoms with Crippen LogP contribution in [0, 0.1) is 0 Å². The predicted octanol–water partition coefficient (Wildman–Crippen LogP) is 17.0. The fourth-order valence-corrected chi connectivity index (χ4v) is 9.29. The summed E-state index contributed by atoms with van der Waals surface area (Å²) in [6.07, 6.45) is 4.04. The lowest BCUT2D eigenvalue weighted by Crippen LogP contribution is -2.10. The van der Waals surface area contributed by atoms with Crippen molar-refractivity contribution < 1.29 is 8.83 Å². The molecule has 0 radical (unpaired) electrons. The van der Waals surface area contributed by atoms with Crippen LogP contribution in [0.5, 0.6) is 0 Å². The number of hydrogen-bond donors (Lipinski definition) is 0. The summed E-state index contributed by atoms with van der Waals surface area (Å²) in [5.41, 5.74) is 15.5. The van der Waals surface area contributed by atoms with E-state index in [0.717, 1.165) is 125 Å². The Morgan fingerprint density at radius 2 is 0.597 bits per heavy atom. The fourth-order valence-electron chi connectivity index (χ4n) is 9.29. The van der Waals surface area contributed by atoms with E-state index in [4.69, 9.17) is 8.83 Å². The summed E-state index contributed by atoms with van der Waals surface area (Å²) < 4.78 is 13.4. The molecule has 0 N–H and O–H groups in total. The van der Waals surface area contributed by atoms with Gasteiger partial charge < -0.3 is 18.6 Å². The summed E-state index contributed by atoms with van der Waals surface area (Å²) in [5, 5.41) is 8.92. The minimum atomic E-state index is 0.855. The zero-order chi connectivity index (χ0) is 41.9. The van der Waals surface area contributed by atoms with E-state index >= 15 is 0 Å². The number of rotatable bonds is 10. The van der Waals surface area contributed by atoms with E-state index in [1.165, 1.54) is 22.3 Å². The summed E-state index contributed by atoms with van der Waals surface area (Å²) >= 11 is 0. The molecule has 11 rings (SSSR count). The molecule has 4 nitrogen and oxygen atoms in total. The van der Waals surface area contributed by atoms with Gasteiger partial charge in [0.2, 0.25) is 0 Å². The molecule has 9 aromatic carbocycles. The molecule has 2 heterocycles. The van der Waals surface area contributed by atoms with Gasteiger partial charge in [-0.3, -0.25) is 0 Å². The maximum absolute atomic E-state index is 6.69. The summed E-state index contributed by atoms with van der Waals surface area (Å²) in [7, 11) is 0. The summed E-state index contributed by atoms with van der Waals surface area (Å²) in [6, 6.07) is 62.4. The van der Waals surface area contributed by atoms with Crippen molar-refractivity contribution >= 4 is 99.5 Å². The molecular formula is C58H48N2O2. The highest BCUT2D eigenvalue weighted by atomic mass is 16.3. The van der Waals surface area contributed by atoms with Crippen LogP contribution in [0.3, 0.4) is 0 Å². The monoisotopic (exact) mass is 804 g/mol. The van der Waals surface area contributed by atoms with Gasteiger partial charge in [-0.15, -0.1) is 0 Å². The number of nitrogens with zero attached hydrogens (tertiary/aromatic N) is 2. The van der Waals surface area contributed by atoms with Crippen molar-refractivity contribution in [2.75, 3.05) is 9.80 Å². The molecule has 0 fully saturated rings. The normalized spacial score (nSPS) is 11.8. The number of furan rings is 2. The number of benzene rings is 9. The third-order valence-corrected chi connectivity index (χ3v) is 12.9. The van der Waals surface area contributed by atoms with E-state index < -0.39 is 0 Å². The molecule has 11 aromatic rings. The van der Waals surface area contributed by atoms with Crippen LogP contribution in [0.25, 0.3) is 65.4 Å². The first-order valence-electron chi connectivity index (χ1n) is 22.1. The van der Waals surface area contributed by atoms with Gasteiger partial charge >= 0.3 is 0 Å². The number of hydrogen-bond acceptors (Lipinski definition) is 4. The molecule has 0 bridgehead atoms. The highest BCUT2D eigenvalue weighted by Gasteiger charge is 2.20. The van der Waals surface area contributed by atoms with E-state index in [2.05, 4.69) is 207 Å². The Morgan fingerprint density at radius 1 is 0.290 bits per heavy atom. The van der Waals surface area contributed by atoms with Gasteiger partial charge in [0, 0.05) is 55.7 Å². The smallest absolute Gasteiger partial charge is 0.136 e. The minimum absolute atomic E-state index is 0.855. The molecule has 0 aliphatic heterocycles. The third-order valence-electron chi connectivity index (χ3n) is 12.9. The van der Waals surface area contributed by atoms with E-state index in [0.29, 0.717) is 0 Å². The molecule has 0 spiro atoms. The lowest BCUT2D eigenvalue weighted by atomic mass is 10.00. The van der Waals surface area contributed by atoms with Crippen molar-refractivity contribution in [3.05, 3.63) is 192 Å². The second-order valence-electron chi connectivity index (χ2n) is 16.5. The standard InChI is InChI=1S/C58H48N2O2/c1-5-37-9-19-45(20-10-37)59(46-21-11-38(6-2)12-22-46)49-27-17-41-33-51-55(35-43(41)31-49)61-53-29-30-54-58(57(51)53)52-34-42-18-28-50(32-44(42)36-56(52)62-54)60(47-23-13-39(7-3)14-24-47)48-25-15-40(8-4)16-26-48/h9-36H,5-8H2,1-4H3. The molecule has 2 aromatic heterocycles. The Bertz CT molecular complexity index is 3100. The van der Waals surface area contributed by atoms with Crippen LogP contribution in [-0.4, -0.2) is 0 Å². The van der Waals surface area contributed by atoms with Crippen molar-refractivity contribution in [2.24, 2.45) is 0 Å². The third kappa shape index (κ3) is 6.46. The molecule has 302 valence electrons. The van der Waals surface area contributed by atoms with Gasteiger partial charge in [0.1, 0.15) is 22.3 Å². The Kier molecular flexibility index (Phi) is 9.30. The van der Waals surface area contributed by atoms with Crippen LogP contribution in [-0.2, 0) is 25.7 Å². The van der Waals surface area contributed by atoms with E-state index in [1.54, 1.807) is 0 Å². The van der Waals surface area contributed by atoms with Crippen LogP contribution in [0.1, 0.15) is 49.9 Å². The van der Waals surface area contributed by atoms with Crippen molar-refractivity contribution in [1.29, 1.82) is 0 Å². The molecule has 0 unspecified atom stereocenters. The van der Waals surface area contributed by atoms with Gasteiger partial charge in [-0.1, -0.05) is 88.4 Å². The first kappa shape index (κ1) is 37.7. The molecule has 0 saturated heterocycles. The Balaban J connectivity index is 1.02. The zero-order valence-corrected chi connectivity index (χ0v) is 35.7. The quantitative estimate of drug-likeness (QED) is 0.138. The summed E-state index contributed by atoms with van der Waals surface area (Å²) in [6.45, 7) is 8.80. The van der Waals surface area contributed by atoms with Crippen LogP contribution < -0.4 is 9.80 Å². The van der Waals surface area contributed by atoms with Gasteiger partial charge in [0.15, 0.2) is 0 Å². The zero-order valence-electron chi connectivity index (χ0n) is 35.7. The predicted molar refractivity (Wildman–Crippen MR) is 263 cm³/mol. The van der Waals surface area contributed by atoms with Gasteiger partial charge in [-0.25, -0.2) is 0 Å². The summed E-state index contributed by atoms with van der Waals surface area (Å²) in [4.78, 5) is 4.70. The minimum Gasteiger partial charge on any atom is -0.456 e. The van der Waals surface area contributed by atoms with Crippen LogP contribution in [0.2, 0.25) is 0 Å². The second-order valence-corrected chi connectivity index (χ2v) is 16.5. The van der Waals surface area contributed by atoms with Gasteiger partial charge in [0.05, 0.1) is 0 Å². The lowest BCUT2D eigenvalue weighted by Gasteiger charge is -2.26. The van der Waals surface area contributed by atoms with Crippen LogP contribution in [0.4, 0.5) is 34.1 Å². The maximum atomic E-state index is 6.69. The lowest BCUT2D eigenvalue weighted by molar-refractivity contribution is 0.663. The molecule has 62 heavy (non-hydrogen) atoms. The first-order chi connectivity index (χ1) is 30.5. The Hall–Kier alpha value is -7.30. The largest absolute Gasteiger partial charge is 0.456 e. The second kappa shape index (κ2) is 15.3. The van der Waals surface area contributed by atoms with Gasteiger partial charge in [-0.05, 0) is 179 Å². The van der Waals surface area contributed by atoms with E-state index in [1.807, 2.05) is 0 Å². The molecule has 0 aliphatic rings. The number of aryl methyl sites for hydroxylation is 4. The van der Waals surface area contributed by atoms with Crippen LogP contribution >= 0.6 is 0 Å². The van der Waals surface area contributed by atoms with Gasteiger partial charge in [-0.2, -0.15) is 0 Å². The molecule has 0 aliphatic carbocycles. The van der Waals surface area contributed by atoms with E-state index in [-0.39, 0.29) is 0 Å². The van der Waals surface area contributed by atoms with Crippen molar-refractivity contribution in [1.82, 2.24) is 0 Å². The van der Waals surface area contributed by atoms with Crippen molar-refractivity contribution in [2.45, 2.75) is 53.4 Å². The average molecular weight is 805 g/mol. The van der Waals surface area contributed by atoms with Crippen molar-refractivity contribution in [3.8, 4) is 0 Å². The molecule has 0 atom stereocenters. The van der Waals surface area contributed by atoms with Gasteiger partial charge in [0.25, 0.3) is 0 Å². The Labute approximate surface area is 362 Å². The van der Waals surface area contributed by atoms with Crippen molar-refractivity contribution in [3.63, 3.8) is 0 Å². The SMILES string of the molecule is CCc1ccc(N(c2ccc(CC)cc2)c2ccc3cc4c(cc3c2)oc2ccc3oc5cc6cc(N(c7ccc(CC)cc7)c7ccc(CC)cc7)ccc6cc5c3c24)cc1.